The molecule has 0 aliphatic heterocycles. The zero-order chi connectivity index (χ0) is 20.5. The number of hydrogen-bond donors (Lipinski definition) is 1. The van der Waals surface area contributed by atoms with Gasteiger partial charge < -0.3 is 14.9 Å². The maximum absolute atomic E-state index is 12.9. The van der Waals surface area contributed by atoms with Crippen LogP contribution in [-0.4, -0.2) is 29.8 Å². The maximum Gasteiger partial charge on any atom is 0.232 e. The second kappa shape index (κ2) is 8.14. The van der Waals surface area contributed by atoms with Crippen molar-refractivity contribution in [3.8, 4) is 22.5 Å². The predicted octanol–water partition coefficient (Wildman–Crippen LogP) is 4.56. The van der Waals surface area contributed by atoms with Gasteiger partial charge in [0, 0.05) is 36.0 Å². The number of pyridine rings is 2. The van der Waals surface area contributed by atoms with Gasteiger partial charge >= 0.3 is 0 Å². The largest absolute Gasteiger partial charge is 0.611 e. The standard InChI is InChI=1S/C21H23N5OS2/c1-4-5-9-29(27)21-19(22)18-15(17-12-24-13(2)26(17)3)10-16(25-20(18)28-21)14-7-6-8-23-11-14/h6-8,10-12H,4-5,9,22H2,1-3H3. The van der Waals surface area contributed by atoms with Gasteiger partial charge in [0.25, 0.3) is 0 Å². The molecule has 8 heteroatoms. The van der Waals surface area contributed by atoms with Crippen LogP contribution in [0.25, 0.3) is 32.7 Å². The van der Waals surface area contributed by atoms with E-state index in [-0.39, 0.29) is 0 Å². The fourth-order valence-corrected chi connectivity index (χ4v) is 6.05. The Kier molecular flexibility index (Phi) is 5.58. The second-order valence-electron chi connectivity index (χ2n) is 6.93. The molecule has 0 fully saturated rings. The number of nitrogen functional groups attached to an aromatic ring is 1. The van der Waals surface area contributed by atoms with Crippen LogP contribution in [0, 0.1) is 6.92 Å². The van der Waals surface area contributed by atoms with Gasteiger partial charge in [-0.3, -0.25) is 4.98 Å². The Labute approximate surface area is 177 Å². The Balaban J connectivity index is 1.97. The third-order valence-corrected chi connectivity index (χ3v) is 8.00. The van der Waals surface area contributed by atoms with Crippen LogP contribution >= 0.6 is 11.3 Å². The Bertz CT molecular complexity index is 1150. The number of fused-ring (bicyclic) bond motifs is 1. The van der Waals surface area contributed by atoms with Gasteiger partial charge in [-0.2, -0.15) is 0 Å². The summed E-state index contributed by atoms with van der Waals surface area (Å²) < 4.78 is 15.6. The van der Waals surface area contributed by atoms with Crippen molar-refractivity contribution in [1.29, 1.82) is 0 Å². The van der Waals surface area contributed by atoms with Gasteiger partial charge in [0.2, 0.25) is 4.21 Å². The lowest BCUT2D eigenvalue weighted by Crippen LogP contribution is -2.07. The summed E-state index contributed by atoms with van der Waals surface area (Å²) in [6.45, 7) is 4.06. The number of thiophene rings is 1. The normalized spacial score (nSPS) is 12.6. The number of nitrogens with zero attached hydrogens (tertiary/aromatic N) is 4. The molecule has 4 aromatic heterocycles. The molecule has 4 rings (SSSR count). The Morgan fingerprint density at radius 1 is 1.31 bits per heavy atom. The summed E-state index contributed by atoms with van der Waals surface area (Å²) in [4.78, 5) is 14.3. The molecule has 0 aliphatic rings. The highest BCUT2D eigenvalue weighted by molar-refractivity contribution is 7.93. The SMILES string of the molecule is CCCC[S+]([O-])c1sc2nc(-c3cccnc3)cc(-c3cnc(C)n3C)c2c1N. The number of hydrogen-bond acceptors (Lipinski definition) is 6. The summed E-state index contributed by atoms with van der Waals surface area (Å²) in [6, 6.07) is 5.90. The molecule has 0 radical (unpaired) electrons. The molecule has 29 heavy (non-hydrogen) atoms. The fourth-order valence-electron chi connectivity index (χ4n) is 3.25. The Hall–Kier alpha value is -2.42. The predicted molar refractivity (Wildman–Crippen MR) is 120 cm³/mol. The van der Waals surface area contributed by atoms with Gasteiger partial charge in [0.1, 0.15) is 22.1 Å². The van der Waals surface area contributed by atoms with Crippen molar-refractivity contribution in [1.82, 2.24) is 19.5 Å². The first-order valence-electron chi connectivity index (χ1n) is 9.51. The molecule has 0 aromatic carbocycles. The lowest BCUT2D eigenvalue weighted by molar-refractivity contribution is 0.594. The number of aryl methyl sites for hydroxylation is 1. The van der Waals surface area contributed by atoms with Crippen molar-refractivity contribution in [2.45, 2.75) is 30.9 Å². The molecule has 0 bridgehead atoms. The molecule has 4 aromatic rings. The van der Waals surface area contributed by atoms with Gasteiger partial charge in [-0.05, 0) is 42.7 Å². The molecule has 1 unspecified atom stereocenters. The molecule has 4 heterocycles. The molecule has 0 spiro atoms. The number of unbranched alkanes of at least 4 members (excludes halogenated alkanes) is 1. The lowest BCUT2D eigenvalue weighted by Gasteiger charge is -2.10. The van der Waals surface area contributed by atoms with Gasteiger partial charge in [-0.1, -0.05) is 24.7 Å². The molecule has 0 aliphatic carbocycles. The van der Waals surface area contributed by atoms with E-state index in [0.29, 0.717) is 15.6 Å². The first-order valence-corrected chi connectivity index (χ1v) is 11.6. The molecule has 150 valence electrons. The van der Waals surface area contributed by atoms with E-state index < -0.39 is 11.2 Å². The average Bonchev–Trinajstić information content (AvgIpc) is 3.25. The highest BCUT2D eigenvalue weighted by Crippen LogP contribution is 2.43. The minimum absolute atomic E-state index is 0.568. The van der Waals surface area contributed by atoms with Crippen LogP contribution in [0.1, 0.15) is 25.6 Å². The Morgan fingerprint density at radius 3 is 2.79 bits per heavy atom. The third kappa shape index (κ3) is 3.63. The topological polar surface area (TPSA) is 92.7 Å². The van der Waals surface area contributed by atoms with E-state index in [4.69, 9.17) is 10.7 Å². The van der Waals surface area contributed by atoms with E-state index >= 15 is 0 Å². The van der Waals surface area contributed by atoms with Crippen molar-refractivity contribution in [2.75, 3.05) is 11.5 Å². The van der Waals surface area contributed by atoms with Crippen LogP contribution in [0.3, 0.4) is 0 Å². The number of aromatic nitrogens is 4. The van der Waals surface area contributed by atoms with Crippen molar-refractivity contribution in [3.63, 3.8) is 0 Å². The average molecular weight is 426 g/mol. The van der Waals surface area contributed by atoms with E-state index in [0.717, 1.165) is 51.4 Å². The molecule has 1 atom stereocenters. The van der Waals surface area contributed by atoms with Gasteiger partial charge in [-0.15, -0.1) is 0 Å². The molecule has 0 saturated carbocycles. The number of imidazole rings is 1. The van der Waals surface area contributed by atoms with E-state index in [1.807, 2.05) is 42.9 Å². The molecule has 2 N–H and O–H groups in total. The van der Waals surface area contributed by atoms with Gasteiger partial charge in [0.15, 0.2) is 0 Å². The quantitative estimate of drug-likeness (QED) is 0.457. The molecule has 0 amide bonds. The Morgan fingerprint density at radius 2 is 2.14 bits per heavy atom. The van der Waals surface area contributed by atoms with Crippen molar-refractivity contribution < 1.29 is 4.55 Å². The van der Waals surface area contributed by atoms with Crippen molar-refractivity contribution >= 4 is 38.4 Å². The van der Waals surface area contributed by atoms with Crippen LogP contribution in [0.4, 0.5) is 5.69 Å². The van der Waals surface area contributed by atoms with Crippen LogP contribution in [-0.2, 0) is 18.2 Å². The van der Waals surface area contributed by atoms with Crippen LogP contribution in [0.15, 0.2) is 41.0 Å². The van der Waals surface area contributed by atoms with E-state index in [9.17, 15) is 4.55 Å². The van der Waals surface area contributed by atoms with Crippen LogP contribution in [0.2, 0.25) is 0 Å². The first-order chi connectivity index (χ1) is 14.0. The summed E-state index contributed by atoms with van der Waals surface area (Å²) in [5.74, 6) is 1.52. The summed E-state index contributed by atoms with van der Waals surface area (Å²) in [6.07, 6.45) is 7.29. The molecular formula is C21H23N5OS2. The molecular weight excluding hydrogens is 402 g/mol. The summed E-state index contributed by atoms with van der Waals surface area (Å²) in [7, 11) is 1.98. The van der Waals surface area contributed by atoms with Crippen molar-refractivity contribution in [2.24, 2.45) is 7.05 Å². The van der Waals surface area contributed by atoms with E-state index in [1.165, 1.54) is 11.3 Å². The monoisotopic (exact) mass is 425 g/mol. The fraction of sp³-hybridized carbons (Fsp3) is 0.286. The summed E-state index contributed by atoms with van der Waals surface area (Å²) >= 11 is 0.302. The van der Waals surface area contributed by atoms with Crippen LogP contribution in [0.5, 0.6) is 0 Å². The van der Waals surface area contributed by atoms with E-state index in [2.05, 4.69) is 16.9 Å². The highest BCUT2D eigenvalue weighted by Gasteiger charge is 2.25. The van der Waals surface area contributed by atoms with E-state index in [1.54, 1.807) is 12.4 Å². The van der Waals surface area contributed by atoms with Crippen LogP contribution < -0.4 is 5.73 Å². The van der Waals surface area contributed by atoms with Gasteiger partial charge in [-0.25, -0.2) is 9.97 Å². The first kappa shape index (κ1) is 19.9. The number of rotatable bonds is 6. The smallest absolute Gasteiger partial charge is 0.232 e. The third-order valence-electron chi connectivity index (χ3n) is 5.01. The second-order valence-corrected chi connectivity index (χ2v) is 9.70. The number of nitrogens with two attached hydrogens (primary N) is 1. The number of anilines is 1. The molecule has 6 nitrogen and oxygen atoms in total. The summed E-state index contributed by atoms with van der Waals surface area (Å²) in [5.41, 5.74) is 10.7. The minimum atomic E-state index is -1.12. The van der Waals surface area contributed by atoms with Crippen molar-refractivity contribution in [3.05, 3.63) is 42.6 Å². The minimum Gasteiger partial charge on any atom is -0.611 e. The zero-order valence-electron chi connectivity index (χ0n) is 16.7. The highest BCUT2D eigenvalue weighted by atomic mass is 32.2. The summed E-state index contributed by atoms with van der Waals surface area (Å²) in [5, 5.41) is 0.852. The maximum atomic E-state index is 12.9. The zero-order valence-corrected chi connectivity index (χ0v) is 18.3. The lowest BCUT2D eigenvalue weighted by atomic mass is 10.1. The molecule has 0 saturated heterocycles. The van der Waals surface area contributed by atoms with Gasteiger partial charge in [0.05, 0.1) is 17.6 Å².